The van der Waals surface area contributed by atoms with Crippen LogP contribution in [0.3, 0.4) is 0 Å². The van der Waals surface area contributed by atoms with Crippen LogP contribution in [-0.4, -0.2) is 43.0 Å². The molecule has 1 rings (SSSR count). The zero-order chi connectivity index (χ0) is 12.0. The molecular formula is C11H17N3O2. The molecule has 0 saturated carbocycles. The van der Waals surface area contributed by atoms with Crippen molar-refractivity contribution < 1.29 is 9.53 Å². The summed E-state index contributed by atoms with van der Waals surface area (Å²) < 4.78 is 4.94. The molecule has 1 N–H and O–H groups in total. The number of nitrogens with zero attached hydrogens (tertiary/aromatic N) is 2. The van der Waals surface area contributed by atoms with Gasteiger partial charge in [-0.2, -0.15) is 0 Å². The van der Waals surface area contributed by atoms with E-state index >= 15 is 0 Å². The fraction of sp³-hybridized carbons (Fsp3) is 0.455. The number of aromatic nitrogens is 1. The Hall–Kier alpha value is -1.78. The Morgan fingerprint density at radius 1 is 1.56 bits per heavy atom. The number of amides is 1. The quantitative estimate of drug-likeness (QED) is 0.808. The van der Waals surface area contributed by atoms with Crippen molar-refractivity contribution in [3.8, 4) is 5.88 Å². The van der Waals surface area contributed by atoms with Gasteiger partial charge >= 0.3 is 0 Å². The van der Waals surface area contributed by atoms with Crippen LogP contribution in [0, 0.1) is 0 Å². The highest BCUT2D eigenvalue weighted by molar-refractivity contribution is 5.80. The van der Waals surface area contributed by atoms with Gasteiger partial charge in [-0.25, -0.2) is 4.98 Å². The molecule has 0 fully saturated rings. The minimum absolute atomic E-state index is 0.0540. The van der Waals surface area contributed by atoms with Gasteiger partial charge in [0, 0.05) is 19.7 Å². The molecule has 0 aromatic carbocycles. The molecule has 5 nitrogen and oxygen atoms in total. The van der Waals surface area contributed by atoms with E-state index in [1.807, 2.05) is 13.0 Å². The minimum atomic E-state index is 0.0540. The average molecular weight is 223 g/mol. The molecule has 0 saturated heterocycles. The van der Waals surface area contributed by atoms with Gasteiger partial charge in [0.15, 0.2) is 0 Å². The van der Waals surface area contributed by atoms with Crippen LogP contribution in [0.15, 0.2) is 18.3 Å². The van der Waals surface area contributed by atoms with Gasteiger partial charge in [0.25, 0.3) is 0 Å². The Morgan fingerprint density at radius 2 is 2.31 bits per heavy atom. The third-order valence-corrected chi connectivity index (χ3v) is 2.29. The van der Waals surface area contributed by atoms with Crippen LogP contribution >= 0.6 is 0 Å². The van der Waals surface area contributed by atoms with E-state index < -0.39 is 0 Å². The molecule has 0 aliphatic rings. The highest BCUT2D eigenvalue weighted by Gasteiger charge is 2.05. The molecule has 0 bridgehead atoms. The summed E-state index contributed by atoms with van der Waals surface area (Å²) >= 11 is 0. The van der Waals surface area contributed by atoms with Crippen molar-refractivity contribution in [1.82, 2.24) is 9.88 Å². The lowest BCUT2D eigenvalue weighted by Crippen LogP contribution is -2.31. The summed E-state index contributed by atoms with van der Waals surface area (Å²) in [6.45, 7) is 2.92. The molecule has 5 heteroatoms. The first-order chi connectivity index (χ1) is 7.67. The number of nitrogens with one attached hydrogen (secondary N) is 1. The van der Waals surface area contributed by atoms with Gasteiger partial charge in [-0.1, -0.05) is 0 Å². The van der Waals surface area contributed by atoms with E-state index in [9.17, 15) is 4.79 Å². The fourth-order valence-corrected chi connectivity index (χ4v) is 1.09. The molecule has 88 valence electrons. The molecule has 0 unspecified atom stereocenters. The van der Waals surface area contributed by atoms with Crippen LogP contribution < -0.4 is 10.1 Å². The number of rotatable bonds is 5. The summed E-state index contributed by atoms with van der Waals surface area (Å²) in [6.07, 6.45) is 1.64. The fourth-order valence-electron chi connectivity index (χ4n) is 1.09. The van der Waals surface area contributed by atoms with E-state index in [4.69, 9.17) is 4.74 Å². The second-order valence-corrected chi connectivity index (χ2v) is 3.35. The lowest BCUT2D eigenvalue weighted by Gasteiger charge is -2.15. The molecular weight excluding hydrogens is 206 g/mol. The number of carbonyl (C=O) groups is 1. The van der Waals surface area contributed by atoms with Crippen molar-refractivity contribution in [1.29, 1.82) is 0 Å². The van der Waals surface area contributed by atoms with Crippen LogP contribution in [0.25, 0.3) is 0 Å². The number of hydrogen-bond donors (Lipinski definition) is 1. The molecule has 0 atom stereocenters. The average Bonchev–Trinajstić information content (AvgIpc) is 2.35. The lowest BCUT2D eigenvalue weighted by atomic mass is 10.4. The summed E-state index contributed by atoms with van der Waals surface area (Å²) in [7, 11) is 3.34. The zero-order valence-electron chi connectivity index (χ0n) is 9.86. The van der Waals surface area contributed by atoms with E-state index in [1.165, 1.54) is 0 Å². The molecule has 0 aliphatic carbocycles. The van der Waals surface area contributed by atoms with E-state index in [1.54, 1.807) is 31.3 Å². The summed E-state index contributed by atoms with van der Waals surface area (Å²) in [5.74, 6) is 0.612. The molecule has 1 aromatic heterocycles. The van der Waals surface area contributed by atoms with Gasteiger partial charge in [-0.05, 0) is 13.0 Å². The third-order valence-electron chi connectivity index (χ3n) is 2.29. The van der Waals surface area contributed by atoms with Gasteiger partial charge < -0.3 is 15.0 Å². The number of anilines is 1. The van der Waals surface area contributed by atoms with Gasteiger partial charge in [-0.3, -0.25) is 4.79 Å². The maximum absolute atomic E-state index is 11.5. The predicted octanol–water partition coefficient (Wildman–Crippen LogP) is 0.980. The second kappa shape index (κ2) is 5.95. The maximum Gasteiger partial charge on any atom is 0.241 e. The van der Waals surface area contributed by atoms with Crippen molar-refractivity contribution in [2.75, 3.05) is 32.6 Å². The van der Waals surface area contributed by atoms with Crippen molar-refractivity contribution >= 4 is 11.6 Å². The van der Waals surface area contributed by atoms with Crippen LogP contribution in [0.1, 0.15) is 6.92 Å². The Bertz CT molecular complexity index is 338. The number of hydrogen-bond acceptors (Lipinski definition) is 4. The normalized spacial score (nSPS) is 9.69. The van der Waals surface area contributed by atoms with Gasteiger partial charge in [0.2, 0.25) is 11.8 Å². The third kappa shape index (κ3) is 3.42. The first kappa shape index (κ1) is 12.3. The first-order valence-corrected chi connectivity index (χ1v) is 5.15. The molecule has 1 aromatic rings. The van der Waals surface area contributed by atoms with E-state index in [2.05, 4.69) is 10.3 Å². The van der Waals surface area contributed by atoms with Gasteiger partial charge in [0.1, 0.15) is 0 Å². The number of carbonyl (C=O) groups excluding carboxylic acids is 1. The Labute approximate surface area is 95.4 Å². The molecule has 1 amide bonds. The minimum Gasteiger partial charge on any atom is -0.481 e. The molecule has 0 spiro atoms. The smallest absolute Gasteiger partial charge is 0.241 e. The summed E-state index contributed by atoms with van der Waals surface area (Å²) in [5.41, 5.74) is 0.804. The highest BCUT2D eigenvalue weighted by atomic mass is 16.5. The van der Waals surface area contributed by atoms with Crippen molar-refractivity contribution in [3.05, 3.63) is 18.3 Å². The Balaban J connectivity index is 2.45. The maximum atomic E-state index is 11.5. The van der Waals surface area contributed by atoms with Crippen LogP contribution in [0.2, 0.25) is 0 Å². The SMILES string of the molecule is CCN(C)C(=O)CNc1ccc(OC)nc1. The van der Waals surface area contributed by atoms with Gasteiger partial charge in [-0.15, -0.1) is 0 Å². The number of pyridine rings is 1. The predicted molar refractivity (Wildman–Crippen MR) is 62.6 cm³/mol. The van der Waals surface area contributed by atoms with Crippen molar-refractivity contribution in [2.24, 2.45) is 0 Å². The summed E-state index contributed by atoms with van der Waals surface area (Å²) in [4.78, 5) is 17.2. The largest absolute Gasteiger partial charge is 0.481 e. The lowest BCUT2D eigenvalue weighted by molar-refractivity contribution is -0.127. The standard InChI is InChI=1S/C11H17N3O2/c1-4-14(2)11(15)8-12-9-5-6-10(16-3)13-7-9/h5-7,12H,4,8H2,1-3H3. The monoisotopic (exact) mass is 223 g/mol. The molecule has 16 heavy (non-hydrogen) atoms. The van der Waals surface area contributed by atoms with Crippen LogP contribution in [0.5, 0.6) is 5.88 Å². The van der Waals surface area contributed by atoms with Crippen LogP contribution in [0.4, 0.5) is 5.69 Å². The number of likely N-dealkylation sites (N-methyl/N-ethyl adjacent to an activating group) is 1. The van der Waals surface area contributed by atoms with E-state index in [0.29, 0.717) is 12.4 Å². The first-order valence-electron chi connectivity index (χ1n) is 5.15. The molecule has 0 aliphatic heterocycles. The topological polar surface area (TPSA) is 54.5 Å². The summed E-state index contributed by atoms with van der Waals surface area (Å²) in [5, 5.41) is 3.00. The molecule has 0 radical (unpaired) electrons. The van der Waals surface area contributed by atoms with E-state index in [-0.39, 0.29) is 12.5 Å². The molecule has 1 heterocycles. The van der Waals surface area contributed by atoms with E-state index in [0.717, 1.165) is 5.69 Å². The highest BCUT2D eigenvalue weighted by Crippen LogP contribution is 2.10. The number of methoxy groups -OCH3 is 1. The van der Waals surface area contributed by atoms with Crippen LogP contribution in [-0.2, 0) is 4.79 Å². The Kier molecular flexibility index (Phi) is 4.57. The Morgan fingerprint density at radius 3 is 2.81 bits per heavy atom. The van der Waals surface area contributed by atoms with Crippen molar-refractivity contribution in [3.63, 3.8) is 0 Å². The zero-order valence-corrected chi connectivity index (χ0v) is 9.86. The summed E-state index contributed by atoms with van der Waals surface area (Å²) in [6, 6.07) is 3.57. The second-order valence-electron chi connectivity index (χ2n) is 3.35. The van der Waals surface area contributed by atoms with Gasteiger partial charge in [0.05, 0.1) is 25.5 Å². The number of ether oxygens (including phenoxy) is 1. The van der Waals surface area contributed by atoms with Crippen molar-refractivity contribution in [2.45, 2.75) is 6.92 Å².